The zero-order valence-corrected chi connectivity index (χ0v) is 14.2. The van der Waals surface area contributed by atoms with E-state index < -0.39 is 5.97 Å². The summed E-state index contributed by atoms with van der Waals surface area (Å²) in [7, 11) is 0. The van der Waals surface area contributed by atoms with E-state index in [1.54, 1.807) is 30.3 Å². The summed E-state index contributed by atoms with van der Waals surface area (Å²) >= 11 is 1.28. The Morgan fingerprint density at radius 1 is 0.960 bits per heavy atom. The second-order valence-electron chi connectivity index (χ2n) is 5.63. The van der Waals surface area contributed by atoms with E-state index in [0.29, 0.717) is 10.4 Å². The van der Waals surface area contributed by atoms with Crippen molar-refractivity contribution in [3.05, 3.63) is 71.1 Å². The topological polar surface area (TPSA) is 56.3 Å². The molecule has 4 aromatic rings. The van der Waals surface area contributed by atoms with Gasteiger partial charge in [0.05, 0.1) is 11.1 Å². The Labute approximate surface area is 147 Å². The molecule has 2 aromatic carbocycles. The Morgan fingerprint density at radius 3 is 2.56 bits per heavy atom. The molecule has 0 unspecified atom stereocenters. The lowest BCUT2D eigenvalue weighted by atomic mass is 10.1. The fraction of sp³-hybridized carbons (Fsp3) is 0.0500. The summed E-state index contributed by atoms with van der Waals surface area (Å²) in [6.07, 6.45) is 0. The number of rotatable bonds is 3. The van der Waals surface area contributed by atoms with Crippen LogP contribution in [0, 0.1) is 0 Å². The highest BCUT2D eigenvalue weighted by atomic mass is 32.1. The van der Waals surface area contributed by atoms with Crippen molar-refractivity contribution >= 4 is 44.2 Å². The van der Waals surface area contributed by atoms with Crippen molar-refractivity contribution in [2.75, 3.05) is 0 Å². The second kappa shape index (κ2) is 6.11. The van der Waals surface area contributed by atoms with Gasteiger partial charge in [0.1, 0.15) is 15.5 Å². The van der Waals surface area contributed by atoms with E-state index in [1.165, 1.54) is 18.3 Å². The molecule has 0 bridgehead atoms. The zero-order valence-electron chi connectivity index (χ0n) is 13.4. The SMILES string of the molecule is CC(=O)c1ccccc1OC(=O)c1cc2cc3ccccc3nc2s1. The van der Waals surface area contributed by atoms with Gasteiger partial charge in [-0.15, -0.1) is 11.3 Å². The minimum Gasteiger partial charge on any atom is -0.422 e. The molecular formula is C20H13NO3S. The molecule has 0 saturated carbocycles. The standard InChI is InChI=1S/C20H13NO3S/c1-12(22)15-7-3-5-9-17(15)24-20(23)18-11-14-10-13-6-2-4-8-16(13)21-19(14)25-18/h2-11H,1H3. The molecule has 0 saturated heterocycles. The molecule has 0 amide bonds. The van der Waals surface area contributed by atoms with Crippen molar-refractivity contribution in [2.24, 2.45) is 0 Å². The van der Waals surface area contributed by atoms with Crippen molar-refractivity contribution in [1.29, 1.82) is 0 Å². The van der Waals surface area contributed by atoms with E-state index in [-0.39, 0.29) is 11.5 Å². The third-order valence-electron chi connectivity index (χ3n) is 3.88. The number of benzene rings is 2. The van der Waals surface area contributed by atoms with Gasteiger partial charge in [0.25, 0.3) is 0 Å². The smallest absolute Gasteiger partial charge is 0.353 e. The summed E-state index contributed by atoms with van der Waals surface area (Å²) in [5.74, 6) is -0.357. The first-order chi connectivity index (χ1) is 12.1. The lowest BCUT2D eigenvalue weighted by molar-refractivity contribution is 0.0738. The van der Waals surface area contributed by atoms with E-state index in [2.05, 4.69) is 4.98 Å². The Bertz CT molecular complexity index is 1080. The molecule has 25 heavy (non-hydrogen) atoms. The number of para-hydroxylation sites is 2. The van der Waals surface area contributed by atoms with Crippen LogP contribution >= 0.6 is 11.3 Å². The normalized spacial score (nSPS) is 10.9. The Kier molecular flexibility index (Phi) is 3.78. The van der Waals surface area contributed by atoms with Gasteiger partial charge in [-0.2, -0.15) is 0 Å². The zero-order chi connectivity index (χ0) is 17.4. The fourth-order valence-electron chi connectivity index (χ4n) is 2.67. The summed E-state index contributed by atoms with van der Waals surface area (Å²) in [6.45, 7) is 1.45. The van der Waals surface area contributed by atoms with Gasteiger partial charge in [0.15, 0.2) is 5.78 Å². The van der Waals surface area contributed by atoms with Crippen LogP contribution in [-0.4, -0.2) is 16.7 Å². The summed E-state index contributed by atoms with van der Waals surface area (Å²) in [4.78, 5) is 30.0. The monoisotopic (exact) mass is 347 g/mol. The van der Waals surface area contributed by atoms with Crippen LogP contribution in [0.4, 0.5) is 0 Å². The van der Waals surface area contributed by atoms with Crippen molar-refractivity contribution in [3.63, 3.8) is 0 Å². The van der Waals surface area contributed by atoms with Crippen LogP contribution in [0.2, 0.25) is 0 Å². The third kappa shape index (κ3) is 2.90. The molecule has 0 fully saturated rings. The number of esters is 1. The molecule has 0 N–H and O–H groups in total. The summed E-state index contributed by atoms with van der Waals surface area (Å²) in [5, 5.41) is 1.92. The molecule has 0 atom stereocenters. The van der Waals surface area contributed by atoms with Gasteiger partial charge in [0, 0.05) is 10.8 Å². The van der Waals surface area contributed by atoms with Crippen LogP contribution in [0.3, 0.4) is 0 Å². The molecule has 2 heterocycles. The average Bonchev–Trinajstić information content (AvgIpc) is 3.03. The Morgan fingerprint density at radius 2 is 1.72 bits per heavy atom. The van der Waals surface area contributed by atoms with Gasteiger partial charge in [-0.1, -0.05) is 30.3 Å². The molecule has 0 spiro atoms. The molecule has 2 aromatic heterocycles. The van der Waals surface area contributed by atoms with Crippen LogP contribution in [0.25, 0.3) is 21.1 Å². The van der Waals surface area contributed by atoms with Crippen molar-refractivity contribution in [3.8, 4) is 5.75 Å². The average molecular weight is 347 g/mol. The van der Waals surface area contributed by atoms with Crippen LogP contribution in [0.15, 0.2) is 60.7 Å². The number of aromatic nitrogens is 1. The molecule has 4 nitrogen and oxygen atoms in total. The Hall–Kier alpha value is -3.05. The van der Waals surface area contributed by atoms with Gasteiger partial charge in [-0.05, 0) is 37.3 Å². The van der Waals surface area contributed by atoms with Gasteiger partial charge >= 0.3 is 5.97 Å². The van der Waals surface area contributed by atoms with Crippen LogP contribution < -0.4 is 4.74 Å². The number of pyridine rings is 1. The lowest BCUT2D eigenvalue weighted by Crippen LogP contribution is -2.09. The third-order valence-corrected chi connectivity index (χ3v) is 4.90. The Balaban J connectivity index is 1.71. The number of Topliss-reactive ketones (excluding diaryl/α,β-unsaturated/α-hetero) is 1. The summed E-state index contributed by atoms with van der Waals surface area (Å²) in [6, 6.07) is 18.3. The number of fused-ring (bicyclic) bond motifs is 2. The highest BCUT2D eigenvalue weighted by Crippen LogP contribution is 2.29. The number of ether oxygens (including phenoxy) is 1. The number of thiophene rings is 1. The van der Waals surface area contributed by atoms with Crippen molar-refractivity contribution in [2.45, 2.75) is 6.92 Å². The van der Waals surface area contributed by atoms with Crippen LogP contribution in [-0.2, 0) is 0 Å². The van der Waals surface area contributed by atoms with Crippen molar-refractivity contribution in [1.82, 2.24) is 4.98 Å². The highest BCUT2D eigenvalue weighted by molar-refractivity contribution is 7.20. The highest BCUT2D eigenvalue weighted by Gasteiger charge is 2.17. The van der Waals surface area contributed by atoms with Crippen molar-refractivity contribution < 1.29 is 14.3 Å². The first-order valence-corrected chi connectivity index (χ1v) is 8.55. The van der Waals surface area contributed by atoms with Gasteiger partial charge in [-0.25, -0.2) is 9.78 Å². The summed E-state index contributed by atoms with van der Waals surface area (Å²) in [5.41, 5.74) is 1.28. The van der Waals surface area contributed by atoms with Crippen LogP contribution in [0.1, 0.15) is 27.0 Å². The molecule has 4 rings (SSSR count). The maximum atomic E-state index is 12.5. The van der Waals surface area contributed by atoms with E-state index in [9.17, 15) is 9.59 Å². The number of nitrogens with zero attached hydrogens (tertiary/aromatic N) is 1. The van der Waals surface area contributed by atoms with Crippen LogP contribution in [0.5, 0.6) is 5.75 Å². The molecule has 0 aliphatic rings. The minimum atomic E-state index is -0.485. The number of hydrogen-bond acceptors (Lipinski definition) is 5. The quantitative estimate of drug-likeness (QED) is 0.301. The number of hydrogen-bond donors (Lipinski definition) is 0. The van der Waals surface area contributed by atoms with Gasteiger partial charge in [-0.3, -0.25) is 4.79 Å². The molecule has 122 valence electrons. The number of ketones is 1. The minimum absolute atomic E-state index is 0.146. The summed E-state index contributed by atoms with van der Waals surface area (Å²) < 4.78 is 5.44. The second-order valence-corrected chi connectivity index (χ2v) is 6.66. The van der Waals surface area contributed by atoms with Gasteiger partial charge in [0.2, 0.25) is 0 Å². The number of carbonyl (C=O) groups excluding carboxylic acids is 2. The number of carbonyl (C=O) groups is 2. The lowest BCUT2D eigenvalue weighted by Gasteiger charge is -2.06. The van der Waals surface area contributed by atoms with Gasteiger partial charge < -0.3 is 4.74 Å². The largest absolute Gasteiger partial charge is 0.422 e. The first kappa shape index (κ1) is 15.5. The maximum Gasteiger partial charge on any atom is 0.353 e. The first-order valence-electron chi connectivity index (χ1n) is 7.73. The van der Waals surface area contributed by atoms with E-state index >= 15 is 0 Å². The molecule has 0 aliphatic heterocycles. The predicted molar refractivity (Wildman–Crippen MR) is 98.5 cm³/mol. The molecule has 5 heteroatoms. The van der Waals surface area contributed by atoms with E-state index in [0.717, 1.165) is 21.1 Å². The molecule has 0 aliphatic carbocycles. The van der Waals surface area contributed by atoms with E-state index in [1.807, 2.05) is 30.3 Å². The predicted octanol–water partition coefficient (Wildman–Crippen LogP) is 4.87. The van der Waals surface area contributed by atoms with E-state index in [4.69, 9.17) is 4.74 Å². The maximum absolute atomic E-state index is 12.5. The molecule has 0 radical (unpaired) electrons. The molecular weight excluding hydrogens is 334 g/mol. The fourth-order valence-corrected chi connectivity index (χ4v) is 3.57.